The number of rotatable bonds is 4. The van der Waals surface area contributed by atoms with E-state index in [1.54, 1.807) is 0 Å². The van der Waals surface area contributed by atoms with Crippen LogP contribution in [0.3, 0.4) is 0 Å². The van der Waals surface area contributed by atoms with Crippen LogP contribution in [0.15, 0.2) is 35.3 Å². The molecule has 0 saturated heterocycles. The minimum Gasteiger partial charge on any atom is -0.362 e. The highest BCUT2D eigenvalue weighted by Gasteiger charge is 2.22. The van der Waals surface area contributed by atoms with Crippen molar-refractivity contribution < 1.29 is 0 Å². The molecular formula is C15H22N2S. The molecular weight excluding hydrogens is 240 g/mol. The van der Waals surface area contributed by atoms with Crippen molar-refractivity contribution in [1.29, 1.82) is 0 Å². The van der Waals surface area contributed by atoms with Gasteiger partial charge in [-0.25, -0.2) is 0 Å². The van der Waals surface area contributed by atoms with Crippen LogP contribution in [-0.4, -0.2) is 17.8 Å². The van der Waals surface area contributed by atoms with Gasteiger partial charge in [0.05, 0.1) is 11.8 Å². The monoisotopic (exact) mass is 262 g/mol. The largest absolute Gasteiger partial charge is 0.362 e. The molecule has 98 valence electrons. The lowest BCUT2D eigenvalue weighted by atomic mass is 10.1. The summed E-state index contributed by atoms with van der Waals surface area (Å²) in [5.74, 6) is 0.726. The number of benzene rings is 1. The number of thioether (sulfide) groups is 1. The first-order chi connectivity index (χ1) is 8.65. The van der Waals surface area contributed by atoms with Crippen LogP contribution < -0.4 is 5.32 Å². The molecule has 2 nitrogen and oxygen atoms in total. The summed E-state index contributed by atoms with van der Waals surface area (Å²) in [4.78, 5) is 4.61. The van der Waals surface area contributed by atoms with Crippen molar-refractivity contribution in [3.63, 3.8) is 0 Å². The lowest BCUT2D eigenvalue weighted by Gasteiger charge is -2.17. The second-order valence-electron chi connectivity index (χ2n) is 5.34. The van der Waals surface area contributed by atoms with E-state index in [4.69, 9.17) is 0 Å². The highest BCUT2D eigenvalue weighted by Crippen LogP contribution is 2.34. The summed E-state index contributed by atoms with van der Waals surface area (Å²) in [7, 11) is 0. The summed E-state index contributed by atoms with van der Waals surface area (Å²) >= 11 is 1.86. The summed E-state index contributed by atoms with van der Waals surface area (Å²) in [6, 6.07) is 11.1. The third kappa shape index (κ3) is 3.77. The Bertz CT molecular complexity index is 400. The molecule has 0 bridgehead atoms. The van der Waals surface area contributed by atoms with Crippen LogP contribution in [0.4, 0.5) is 0 Å². The number of aliphatic imine (C=N–C) groups is 1. The smallest absolute Gasteiger partial charge is 0.157 e. The van der Waals surface area contributed by atoms with Gasteiger partial charge in [0.2, 0.25) is 0 Å². The standard InChI is InChI=1S/C15H22N2S/c1-11(2)9-12(3)17-15-16-10-14(18-15)13-7-5-4-6-8-13/h4-8,11-12,14H,9-10H2,1-3H3,(H,16,17). The molecule has 3 heteroatoms. The maximum absolute atomic E-state index is 4.61. The Morgan fingerprint density at radius 1 is 1.28 bits per heavy atom. The van der Waals surface area contributed by atoms with Gasteiger partial charge in [0.15, 0.2) is 5.17 Å². The van der Waals surface area contributed by atoms with Gasteiger partial charge in [-0.05, 0) is 24.8 Å². The van der Waals surface area contributed by atoms with Crippen molar-refractivity contribution in [2.75, 3.05) is 6.54 Å². The number of hydrogen-bond acceptors (Lipinski definition) is 3. The third-order valence-corrected chi connectivity index (χ3v) is 4.20. The molecule has 1 aliphatic heterocycles. The van der Waals surface area contributed by atoms with Crippen molar-refractivity contribution in [1.82, 2.24) is 5.32 Å². The van der Waals surface area contributed by atoms with Crippen LogP contribution in [0.2, 0.25) is 0 Å². The van der Waals surface area contributed by atoms with Crippen molar-refractivity contribution >= 4 is 16.9 Å². The fraction of sp³-hybridized carbons (Fsp3) is 0.533. The van der Waals surface area contributed by atoms with E-state index in [2.05, 4.69) is 61.4 Å². The minimum absolute atomic E-state index is 0.486. The summed E-state index contributed by atoms with van der Waals surface area (Å²) < 4.78 is 0. The van der Waals surface area contributed by atoms with Crippen LogP contribution in [-0.2, 0) is 0 Å². The fourth-order valence-corrected chi connectivity index (χ4v) is 3.40. The molecule has 2 rings (SSSR count). The average Bonchev–Trinajstić information content (AvgIpc) is 2.77. The van der Waals surface area contributed by atoms with Gasteiger partial charge in [-0.1, -0.05) is 55.9 Å². The Balaban J connectivity index is 1.85. The van der Waals surface area contributed by atoms with Crippen molar-refractivity contribution in [2.24, 2.45) is 10.9 Å². The van der Waals surface area contributed by atoms with Crippen LogP contribution in [0.25, 0.3) is 0 Å². The van der Waals surface area contributed by atoms with Gasteiger partial charge in [-0.2, -0.15) is 0 Å². The maximum atomic E-state index is 4.61. The molecule has 0 amide bonds. The van der Waals surface area contributed by atoms with E-state index in [-0.39, 0.29) is 0 Å². The zero-order valence-corrected chi connectivity index (χ0v) is 12.2. The van der Waals surface area contributed by atoms with Gasteiger partial charge in [0.25, 0.3) is 0 Å². The van der Waals surface area contributed by atoms with Crippen LogP contribution in [0, 0.1) is 5.92 Å². The van der Waals surface area contributed by atoms with Gasteiger partial charge in [-0.15, -0.1) is 0 Å². The first kappa shape index (κ1) is 13.5. The Morgan fingerprint density at radius 2 is 2.00 bits per heavy atom. The first-order valence-corrected chi connectivity index (χ1v) is 7.55. The van der Waals surface area contributed by atoms with Gasteiger partial charge in [0.1, 0.15) is 0 Å². The molecule has 1 N–H and O–H groups in total. The number of nitrogens with zero attached hydrogens (tertiary/aromatic N) is 1. The van der Waals surface area contributed by atoms with E-state index in [1.165, 1.54) is 12.0 Å². The SMILES string of the molecule is CC(C)CC(C)NC1=NCC(c2ccccc2)S1. The summed E-state index contributed by atoms with van der Waals surface area (Å²) in [6.45, 7) is 7.65. The molecule has 0 aromatic heterocycles. The molecule has 2 atom stereocenters. The second-order valence-corrected chi connectivity index (χ2v) is 6.53. The van der Waals surface area contributed by atoms with E-state index >= 15 is 0 Å². The van der Waals surface area contributed by atoms with E-state index in [0.29, 0.717) is 11.3 Å². The summed E-state index contributed by atoms with van der Waals surface area (Å²) in [5.41, 5.74) is 1.37. The second kappa shape index (κ2) is 6.28. The molecule has 0 saturated carbocycles. The molecule has 1 aromatic carbocycles. The molecule has 2 unspecified atom stereocenters. The van der Waals surface area contributed by atoms with E-state index < -0.39 is 0 Å². The highest BCUT2D eigenvalue weighted by molar-refractivity contribution is 8.14. The molecule has 18 heavy (non-hydrogen) atoms. The molecule has 0 radical (unpaired) electrons. The molecule has 1 heterocycles. The Hall–Kier alpha value is -0.960. The van der Waals surface area contributed by atoms with Gasteiger partial charge < -0.3 is 5.32 Å². The van der Waals surface area contributed by atoms with E-state index in [1.807, 2.05) is 11.8 Å². The average molecular weight is 262 g/mol. The topological polar surface area (TPSA) is 24.4 Å². The lowest BCUT2D eigenvalue weighted by molar-refractivity contribution is 0.492. The predicted octanol–water partition coefficient (Wildman–Crippen LogP) is 3.85. The molecule has 0 spiro atoms. The first-order valence-electron chi connectivity index (χ1n) is 6.67. The summed E-state index contributed by atoms with van der Waals surface area (Å²) in [6.07, 6.45) is 1.19. The van der Waals surface area contributed by atoms with Crippen LogP contribution >= 0.6 is 11.8 Å². The van der Waals surface area contributed by atoms with E-state index in [0.717, 1.165) is 17.6 Å². The molecule has 1 aliphatic rings. The zero-order chi connectivity index (χ0) is 13.0. The molecule has 0 aliphatic carbocycles. The van der Waals surface area contributed by atoms with Crippen LogP contribution in [0.5, 0.6) is 0 Å². The van der Waals surface area contributed by atoms with Crippen LogP contribution in [0.1, 0.15) is 38.0 Å². The van der Waals surface area contributed by atoms with Crippen molar-refractivity contribution in [2.45, 2.75) is 38.5 Å². The molecule has 1 aromatic rings. The fourth-order valence-electron chi connectivity index (χ4n) is 2.27. The van der Waals surface area contributed by atoms with Gasteiger partial charge in [-0.3, -0.25) is 4.99 Å². The normalized spacial score (nSPS) is 20.9. The number of amidine groups is 1. The predicted molar refractivity (Wildman–Crippen MR) is 81.1 cm³/mol. The van der Waals surface area contributed by atoms with Gasteiger partial charge >= 0.3 is 0 Å². The maximum Gasteiger partial charge on any atom is 0.157 e. The third-order valence-electron chi connectivity index (χ3n) is 3.02. The Kier molecular flexibility index (Phi) is 4.70. The minimum atomic E-state index is 0.486. The Labute approximate surface area is 114 Å². The van der Waals surface area contributed by atoms with Crippen molar-refractivity contribution in [3.05, 3.63) is 35.9 Å². The lowest BCUT2D eigenvalue weighted by Crippen LogP contribution is -2.30. The van der Waals surface area contributed by atoms with Gasteiger partial charge in [0, 0.05) is 6.04 Å². The highest BCUT2D eigenvalue weighted by atomic mass is 32.2. The Morgan fingerprint density at radius 3 is 2.67 bits per heavy atom. The van der Waals surface area contributed by atoms with Crippen molar-refractivity contribution in [3.8, 4) is 0 Å². The quantitative estimate of drug-likeness (QED) is 0.891. The zero-order valence-electron chi connectivity index (χ0n) is 11.4. The molecule has 0 fully saturated rings. The summed E-state index contributed by atoms with van der Waals surface area (Å²) in [5, 5.41) is 5.12. The number of hydrogen-bond donors (Lipinski definition) is 1. The number of nitrogens with one attached hydrogen (secondary N) is 1. The van der Waals surface area contributed by atoms with E-state index in [9.17, 15) is 0 Å².